The fourth-order valence-electron chi connectivity index (χ4n) is 9.50. The minimum atomic E-state index is -0.796. The van der Waals surface area contributed by atoms with Gasteiger partial charge in [-0.1, -0.05) is 59.3 Å². The first kappa shape index (κ1) is 25.0. The zero-order valence-corrected chi connectivity index (χ0v) is 22.2. The quantitative estimate of drug-likeness (QED) is 0.335. The minimum absolute atomic E-state index is 0.00892. The number of hydrogen-bond donors (Lipinski definition) is 2. The van der Waals surface area contributed by atoms with Crippen molar-refractivity contribution in [3.8, 4) is 0 Å². The van der Waals surface area contributed by atoms with Gasteiger partial charge in [-0.3, -0.25) is 0 Å². The Morgan fingerprint density at radius 1 is 1.12 bits per heavy atom. The van der Waals surface area contributed by atoms with Crippen LogP contribution in [0.4, 0.5) is 0 Å². The molecule has 3 saturated carbocycles. The molecule has 2 N–H and O–H groups in total. The first-order valence-corrected chi connectivity index (χ1v) is 13.6. The fraction of sp³-hybridized carbons (Fsp3) is 0.833. The number of aliphatic carboxylic acids is 1. The van der Waals surface area contributed by atoms with Crippen LogP contribution in [0, 0.1) is 45.3 Å². The van der Waals surface area contributed by atoms with Crippen LogP contribution in [0.25, 0.3) is 0 Å². The molecule has 0 aliphatic heterocycles. The summed E-state index contributed by atoms with van der Waals surface area (Å²) in [5, 5.41) is 20.0. The van der Waals surface area contributed by atoms with Gasteiger partial charge in [0.2, 0.25) is 0 Å². The van der Waals surface area contributed by atoms with Crippen LogP contribution < -0.4 is 0 Å². The lowest BCUT2D eigenvalue weighted by molar-refractivity contribution is -0.132. The molecule has 4 aliphatic rings. The minimum Gasteiger partial charge on any atom is -0.478 e. The van der Waals surface area contributed by atoms with Gasteiger partial charge in [0.1, 0.15) is 0 Å². The van der Waals surface area contributed by atoms with Crippen LogP contribution in [0.5, 0.6) is 0 Å². The van der Waals surface area contributed by atoms with Gasteiger partial charge < -0.3 is 10.2 Å². The molecular weight excluding hydrogens is 408 g/mol. The lowest BCUT2D eigenvalue weighted by Gasteiger charge is -2.64. The smallest absolute Gasteiger partial charge is 0.330 e. The number of fused-ring (bicyclic) bond motifs is 5. The van der Waals surface area contributed by atoms with Gasteiger partial charge in [0, 0.05) is 5.57 Å². The lowest BCUT2D eigenvalue weighted by atomic mass is 9.41. The van der Waals surface area contributed by atoms with Crippen LogP contribution in [0.1, 0.15) is 106 Å². The van der Waals surface area contributed by atoms with E-state index in [2.05, 4.69) is 47.6 Å². The first-order valence-electron chi connectivity index (χ1n) is 13.6. The summed E-state index contributed by atoms with van der Waals surface area (Å²) in [5.74, 6) is 1.75. The Labute approximate surface area is 202 Å². The predicted molar refractivity (Wildman–Crippen MR) is 135 cm³/mol. The summed E-state index contributed by atoms with van der Waals surface area (Å²) in [5.41, 5.74) is 3.13. The van der Waals surface area contributed by atoms with E-state index >= 15 is 0 Å². The van der Waals surface area contributed by atoms with Gasteiger partial charge in [-0.15, -0.1) is 0 Å². The maximum absolute atomic E-state index is 11.1. The highest BCUT2D eigenvalue weighted by atomic mass is 16.4. The van der Waals surface area contributed by atoms with Gasteiger partial charge in [0.15, 0.2) is 0 Å². The molecule has 3 fully saturated rings. The van der Waals surface area contributed by atoms with Crippen molar-refractivity contribution < 1.29 is 15.0 Å². The highest BCUT2D eigenvalue weighted by Gasteiger charge is 2.65. The molecule has 0 aromatic carbocycles. The Hall–Kier alpha value is -1.09. The van der Waals surface area contributed by atoms with E-state index in [1.807, 2.05) is 6.08 Å². The van der Waals surface area contributed by atoms with Crippen LogP contribution in [-0.4, -0.2) is 22.3 Å². The standard InChI is InChI=1S/C30H48O3/c1-19(9-8-10-20(2)26(32)33)21-13-17-30(7)23-11-12-24-27(3,4)25(31)15-16-28(24,5)22(23)14-18-29(21,30)6/h10-11,19,21-22,24-25,31H,8-9,12-18H2,1-7H3,(H,32,33)/b20-10+/t19-,21-,22?,24?,25?,28+,29-,30+/m0/s1. The monoisotopic (exact) mass is 456 g/mol. The van der Waals surface area contributed by atoms with Gasteiger partial charge >= 0.3 is 5.97 Å². The number of carboxylic acids is 1. The van der Waals surface area contributed by atoms with E-state index in [9.17, 15) is 9.90 Å². The number of aliphatic hydroxyl groups is 1. The molecule has 4 rings (SSSR count). The molecule has 0 spiro atoms. The number of carboxylic acid groups (broad SMARTS) is 1. The maximum atomic E-state index is 11.1. The fourth-order valence-corrected chi connectivity index (χ4v) is 9.50. The molecule has 0 saturated heterocycles. The molecule has 0 amide bonds. The van der Waals surface area contributed by atoms with Crippen molar-refractivity contribution in [3.05, 3.63) is 23.3 Å². The van der Waals surface area contributed by atoms with E-state index in [4.69, 9.17) is 5.11 Å². The lowest BCUT2D eigenvalue weighted by Crippen LogP contribution is -2.58. The zero-order chi connectivity index (χ0) is 24.4. The van der Waals surface area contributed by atoms with Gasteiger partial charge in [-0.2, -0.15) is 0 Å². The third-order valence-electron chi connectivity index (χ3n) is 12.0. The second-order valence-electron chi connectivity index (χ2n) is 13.6. The van der Waals surface area contributed by atoms with Gasteiger partial charge in [0.05, 0.1) is 6.10 Å². The second kappa shape index (κ2) is 8.25. The van der Waals surface area contributed by atoms with E-state index in [0.29, 0.717) is 40.1 Å². The summed E-state index contributed by atoms with van der Waals surface area (Å²) < 4.78 is 0. The van der Waals surface area contributed by atoms with Crippen molar-refractivity contribution in [2.45, 2.75) is 112 Å². The molecule has 186 valence electrons. The molecule has 3 unspecified atom stereocenters. The average Bonchev–Trinajstić information content (AvgIpc) is 3.02. The molecular formula is C30H48O3. The van der Waals surface area contributed by atoms with Crippen LogP contribution in [0.3, 0.4) is 0 Å². The number of carbonyl (C=O) groups is 1. The number of allylic oxidation sites excluding steroid dienone is 3. The molecule has 3 heteroatoms. The summed E-state index contributed by atoms with van der Waals surface area (Å²) in [6.45, 7) is 16.5. The van der Waals surface area contributed by atoms with E-state index in [-0.39, 0.29) is 16.9 Å². The molecule has 0 aromatic rings. The summed E-state index contributed by atoms with van der Waals surface area (Å²) in [6.07, 6.45) is 14.7. The van der Waals surface area contributed by atoms with Crippen molar-refractivity contribution in [2.75, 3.05) is 0 Å². The second-order valence-corrected chi connectivity index (χ2v) is 13.6. The van der Waals surface area contributed by atoms with E-state index < -0.39 is 5.97 Å². The third kappa shape index (κ3) is 3.58. The van der Waals surface area contributed by atoms with Crippen LogP contribution in [0.15, 0.2) is 23.3 Å². The van der Waals surface area contributed by atoms with Crippen molar-refractivity contribution in [1.82, 2.24) is 0 Å². The average molecular weight is 457 g/mol. The first-order chi connectivity index (χ1) is 15.3. The van der Waals surface area contributed by atoms with E-state index in [0.717, 1.165) is 32.1 Å². The molecule has 0 aromatic heterocycles. The number of rotatable bonds is 5. The van der Waals surface area contributed by atoms with Gasteiger partial charge in [-0.05, 0) is 110 Å². The molecule has 3 nitrogen and oxygen atoms in total. The Balaban J connectivity index is 1.58. The Morgan fingerprint density at radius 3 is 2.48 bits per heavy atom. The van der Waals surface area contributed by atoms with Gasteiger partial charge in [-0.25, -0.2) is 4.79 Å². The molecule has 0 radical (unpaired) electrons. The normalized spacial score (nSPS) is 45.5. The highest BCUT2D eigenvalue weighted by molar-refractivity contribution is 5.85. The van der Waals surface area contributed by atoms with Gasteiger partial charge in [0.25, 0.3) is 0 Å². The van der Waals surface area contributed by atoms with Crippen molar-refractivity contribution in [1.29, 1.82) is 0 Å². The number of hydrogen-bond acceptors (Lipinski definition) is 2. The Kier molecular flexibility index (Phi) is 6.25. The van der Waals surface area contributed by atoms with Crippen LogP contribution in [0.2, 0.25) is 0 Å². The Bertz CT molecular complexity index is 853. The summed E-state index contributed by atoms with van der Waals surface area (Å²) >= 11 is 0. The third-order valence-corrected chi connectivity index (χ3v) is 12.0. The SMILES string of the molecule is C/C(=C\CC[C@H](C)[C@@H]1CC[C@]2(C)C3=CCC4C(C)(C)C(O)CC[C@]4(C)C3CC[C@@]12C)C(=O)O. The Morgan fingerprint density at radius 2 is 1.82 bits per heavy atom. The number of aliphatic hydroxyl groups excluding tert-OH is 1. The van der Waals surface area contributed by atoms with Crippen LogP contribution in [-0.2, 0) is 4.79 Å². The molecule has 33 heavy (non-hydrogen) atoms. The van der Waals surface area contributed by atoms with E-state index in [1.165, 1.54) is 25.7 Å². The predicted octanol–water partition coefficient (Wildman–Crippen LogP) is 7.40. The summed E-state index contributed by atoms with van der Waals surface area (Å²) in [4.78, 5) is 11.1. The zero-order valence-electron chi connectivity index (χ0n) is 22.2. The maximum Gasteiger partial charge on any atom is 0.330 e. The highest BCUT2D eigenvalue weighted by Crippen LogP contribution is 2.73. The van der Waals surface area contributed by atoms with Crippen molar-refractivity contribution in [3.63, 3.8) is 0 Å². The largest absolute Gasteiger partial charge is 0.478 e. The van der Waals surface area contributed by atoms with E-state index in [1.54, 1.807) is 12.5 Å². The molecule has 0 bridgehead atoms. The summed E-state index contributed by atoms with van der Waals surface area (Å²) in [7, 11) is 0. The topological polar surface area (TPSA) is 57.5 Å². The molecule has 4 aliphatic carbocycles. The van der Waals surface area contributed by atoms with Crippen LogP contribution >= 0.6 is 0 Å². The molecule has 0 heterocycles. The van der Waals surface area contributed by atoms with Crippen molar-refractivity contribution >= 4 is 5.97 Å². The van der Waals surface area contributed by atoms with Crippen molar-refractivity contribution in [2.24, 2.45) is 45.3 Å². The summed E-state index contributed by atoms with van der Waals surface area (Å²) in [6, 6.07) is 0. The molecule has 8 atom stereocenters.